The van der Waals surface area contributed by atoms with Gasteiger partial charge in [0.05, 0.1) is 33.0 Å². The molecular weight excluding hydrogens is 374 g/mol. The van der Waals surface area contributed by atoms with E-state index in [9.17, 15) is 9.90 Å². The van der Waals surface area contributed by atoms with Gasteiger partial charge in [0.15, 0.2) is 17.3 Å². The lowest BCUT2D eigenvalue weighted by atomic mass is 9.98. The highest BCUT2D eigenvalue weighted by molar-refractivity contribution is 6.17. The van der Waals surface area contributed by atoms with Crippen molar-refractivity contribution in [3.8, 4) is 17.2 Å². The highest BCUT2D eigenvalue weighted by atomic mass is 16.5. The number of methoxy groups -OCH3 is 2. The van der Waals surface area contributed by atoms with Crippen molar-refractivity contribution in [3.05, 3.63) is 53.3 Å². The van der Waals surface area contributed by atoms with Gasteiger partial charge in [0, 0.05) is 36.1 Å². The van der Waals surface area contributed by atoms with E-state index in [1.54, 1.807) is 37.4 Å². The summed E-state index contributed by atoms with van der Waals surface area (Å²) in [7, 11) is 3.07. The predicted octanol–water partition coefficient (Wildman–Crippen LogP) is 3.22. The van der Waals surface area contributed by atoms with Crippen LogP contribution in [-0.4, -0.2) is 56.3 Å². The van der Waals surface area contributed by atoms with E-state index in [4.69, 9.17) is 18.6 Å². The van der Waals surface area contributed by atoms with Gasteiger partial charge in [0.25, 0.3) is 0 Å². The Bertz CT molecular complexity index is 1040. The minimum Gasteiger partial charge on any atom is -0.508 e. The smallest absolute Gasteiger partial charge is 0.197 e. The molecule has 0 bridgehead atoms. The van der Waals surface area contributed by atoms with E-state index in [-0.39, 0.29) is 11.5 Å². The third kappa shape index (κ3) is 3.66. The SMILES string of the molecule is COc1ccc(C(=O)c2coc3ccc(O)c(CN4CCOCC4)c23)cc1OC. The number of furan rings is 1. The number of ether oxygens (including phenoxy) is 3. The molecule has 2 aromatic carbocycles. The number of carbonyl (C=O) groups excluding carboxylic acids is 1. The monoisotopic (exact) mass is 397 g/mol. The normalized spacial score (nSPS) is 14.8. The summed E-state index contributed by atoms with van der Waals surface area (Å²) in [5, 5.41) is 11.2. The van der Waals surface area contributed by atoms with Crippen molar-refractivity contribution in [3.63, 3.8) is 0 Å². The molecule has 1 saturated heterocycles. The Hall–Kier alpha value is -3.03. The molecule has 1 aliphatic heterocycles. The molecular formula is C22H23NO6. The largest absolute Gasteiger partial charge is 0.508 e. The van der Waals surface area contributed by atoms with Crippen LogP contribution in [0.15, 0.2) is 41.0 Å². The first-order valence-corrected chi connectivity index (χ1v) is 9.41. The Morgan fingerprint density at radius 2 is 1.86 bits per heavy atom. The molecule has 29 heavy (non-hydrogen) atoms. The van der Waals surface area contributed by atoms with E-state index in [1.807, 2.05) is 0 Å². The van der Waals surface area contributed by atoms with Crippen molar-refractivity contribution < 1.29 is 28.5 Å². The number of carbonyl (C=O) groups is 1. The van der Waals surface area contributed by atoms with E-state index in [2.05, 4.69) is 4.90 Å². The van der Waals surface area contributed by atoms with Gasteiger partial charge < -0.3 is 23.7 Å². The second-order valence-corrected chi connectivity index (χ2v) is 6.87. The van der Waals surface area contributed by atoms with Gasteiger partial charge >= 0.3 is 0 Å². The molecule has 7 heteroatoms. The number of phenolic OH excluding ortho intramolecular Hbond substituents is 1. The average Bonchev–Trinajstić information content (AvgIpc) is 3.19. The molecule has 1 aromatic heterocycles. The topological polar surface area (TPSA) is 81.4 Å². The molecule has 0 aliphatic carbocycles. The van der Waals surface area contributed by atoms with Gasteiger partial charge in [-0.25, -0.2) is 0 Å². The summed E-state index contributed by atoms with van der Waals surface area (Å²) in [6.07, 6.45) is 1.45. The van der Waals surface area contributed by atoms with Crippen molar-refractivity contribution in [1.82, 2.24) is 4.90 Å². The maximum absolute atomic E-state index is 13.3. The Kier molecular flexibility index (Phi) is 5.42. The number of benzene rings is 2. The summed E-state index contributed by atoms with van der Waals surface area (Å²) in [6, 6.07) is 8.31. The average molecular weight is 397 g/mol. The van der Waals surface area contributed by atoms with Crippen molar-refractivity contribution in [1.29, 1.82) is 0 Å². The van der Waals surface area contributed by atoms with Gasteiger partial charge in [-0.1, -0.05) is 0 Å². The first kappa shape index (κ1) is 19.3. The first-order valence-electron chi connectivity index (χ1n) is 9.41. The van der Waals surface area contributed by atoms with Crippen LogP contribution in [0.1, 0.15) is 21.5 Å². The summed E-state index contributed by atoms with van der Waals surface area (Å²) >= 11 is 0. The standard InChI is InChI=1S/C22H23NO6/c1-26-18-5-3-14(11-20(18)27-2)22(25)16-13-29-19-6-4-17(24)15(21(16)19)12-23-7-9-28-10-8-23/h3-6,11,13,24H,7-10,12H2,1-2H3. The van der Waals surface area contributed by atoms with Crippen molar-refractivity contribution in [2.75, 3.05) is 40.5 Å². The molecule has 0 saturated carbocycles. The Morgan fingerprint density at radius 1 is 1.10 bits per heavy atom. The van der Waals surface area contributed by atoms with E-state index in [0.717, 1.165) is 13.1 Å². The molecule has 0 radical (unpaired) electrons. The lowest BCUT2D eigenvalue weighted by molar-refractivity contribution is 0.0340. The van der Waals surface area contributed by atoms with E-state index >= 15 is 0 Å². The van der Waals surface area contributed by atoms with Crippen LogP contribution in [-0.2, 0) is 11.3 Å². The maximum atomic E-state index is 13.3. The fourth-order valence-corrected chi connectivity index (χ4v) is 3.63. The lowest BCUT2D eigenvalue weighted by Gasteiger charge is -2.27. The highest BCUT2D eigenvalue weighted by Crippen LogP contribution is 2.35. The second kappa shape index (κ2) is 8.14. The molecule has 1 N–H and O–H groups in total. The Balaban J connectivity index is 1.76. The van der Waals surface area contributed by atoms with Crippen molar-refractivity contribution in [2.24, 2.45) is 0 Å². The Morgan fingerprint density at radius 3 is 2.59 bits per heavy atom. The van der Waals surface area contributed by atoms with Gasteiger partial charge in [-0.2, -0.15) is 0 Å². The predicted molar refractivity (Wildman–Crippen MR) is 107 cm³/mol. The highest BCUT2D eigenvalue weighted by Gasteiger charge is 2.23. The molecule has 3 aromatic rings. The number of hydrogen-bond acceptors (Lipinski definition) is 7. The Labute approximate surface area is 168 Å². The second-order valence-electron chi connectivity index (χ2n) is 6.87. The van der Waals surface area contributed by atoms with Crippen LogP contribution in [0.3, 0.4) is 0 Å². The molecule has 0 spiro atoms. The zero-order valence-electron chi connectivity index (χ0n) is 16.4. The number of phenols is 1. The molecule has 0 unspecified atom stereocenters. The van der Waals surface area contributed by atoms with Gasteiger partial charge in [-0.15, -0.1) is 0 Å². The minimum absolute atomic E-state index is 0.145. The zero-order chi connectivity index (χ0) is 20.4. The third-order valence-corrected chi connectivity index (χ3v) is 5.20. The quantitative estimate of drug-likeness (QED) is 0.640. The fourth-order valence-electron chi connectivity index (χ4n) is 3.63. The molecule has 1 fully saturated rings. The number of morpholine rings is 1. The number of ketones is 1. The number of fused-ring (bicyclic) bond motifs is 1. The molecule has 0 amide bonds. The van der Waals surface area contributed by atoms with Crippen molar-refractivity contribution >= 4 is 16.8 Å². The molecule has 4 rings (SSSR count). The molecule has 0 atom stereocenters. The van der Waals surface area contributed by atoms with Gasteiger partial charge in [0.1, 0.15) is 17.6 Å². The van der Waals surface area contributed by atoms with Gasteiger partial charge in [-0.3, -0.25) is 9.69 Å². The summed E-state index contributed by atoms with van der Waals surface area (Å²) in [6.45, 7) is 3.36. The van der Waals surface area contributed by atoms with Crippen LogP contribution in [0, 0.1) is 0 Å². The summed E-state index contributed by atoms with van der Waals surface area (Å²) in [5.41, 5.74) is 2.11. The molecule has 2 heterocycles. The fraction of sp³-hybridized carbons (Fsp3) is 0.318. The van der Waals surface area contributed by atoms with E-state index < -0.39 is 0 Å². The number of hydrogen-bond donors (Lipinski definition) is 1. The van der Waals surface area contributed by atoms with Crippen LogP contribution in [0.5, 0.6) is 17.2 Å². The summed E-state index contributed by atoms with van der Waals surface area (Å²) < 4.78 is 21.6. The lowest BCUT2D eigenvalue weighted by Crippen LogP contribution is -2.35. The van der Waals surface area contributed by atoms with Crippen LogP contribution in [0.2, 0.25) is 0 Å². The molecule has 7 nitrogen and oxygen atoms in total. The number of rotatable bonds is 6. The minimum atomic E-state index is -0.210. The zero-order valence-corrected chi connectivity index (χ0v) is 16.4. The van der Waals surface area contributed by atoms with Crippen molar-refractivity contribution in [2.45, 2.75) is 6.54 Å². The number of nitrogens with zero attached hydrogens (tertiary/aromatic N) is 1. The van der Waals surface area contributed by atoms with E-state index in [0.29, 0.717) is 58.9 Å². The summed E-state index contributed by atoms with van der Waals surface area (Å²) in [4.78, 5) is 15.5. The van der Waals surface area contributed by atoms with Crippen LogP contribution >= 0.6 is 0 Å². The van der Waals surface area contributed by atoms with Crippen LogP contribution < -0.4 is 9.47 Å². The number of aromatic hydroxyl groups is 1. The van der Waals surface area contributed by atoms with Gasteiger partial charge in [-0.05, 0) is 30.3 Å². The maximum Gasteiger partial charge on any atom is 0.197 e. The van der Waals surface area contributed by atoms with E-state index in [1.165, 1.54) is 13.4 Å². The van der Waals surface area contributed by atoms with Crippen LogP contribution in [0.4, 0.5) is 0 Å². The van der Waals surface area contributed by atoms with Gasteiger partial charge in [0.2, 0.25) is 0 Å². The van der Waals surface area contributed by atoms with Crippen LogP contribution in [0.25, 0.3) is 11.0 Å². The third-order valence-electron chi connectivity index (χ3n) is 5.20. The first-order chi connectivity index (χ1) is 14.1. The molecule has 152 valence electrons. The summed E-state index contributed by atoms with van der Waals surface area (Å²) in [5.74, 6) is 0.958. The molecule has 1 aliphatic rings.